The maximum atomic E-state index is 12.7. The maximum absolute atomic E-state index is 12.7. The highest BCUT2D eigenvalue weighted by Crippen LogP contribution is 2.09. The maximum Gasteiger partial charge on any atom is 0.312 e. The van der Waals surface area contributed by atoms with Gasteiger partial charge in [-0.1, -0.05) is 0 Å². The van der Waals surface area contributed by atoms with Crippen LogP contribution in [0, 0.1) is 5.82 Å². The van der Waals surface area contributed by atoms with Crippen molar-refractivity contribution in [1.29, 1.82) is 0 Å². The number of hydrogen-bond donors (Lipinski definition) is 0. The highest BCUT2D eigenvalue weighted by molar-refractivity contribution is 5.94. The van der Waals surface area contributed by atoms with E-state index >= 15 is 0 Å². The van der Waals surface area contributed by atoms with Gasteiger partial charge in [0.1, 0.15) is 5.82 Å². The van der Waals surface area contributed by atoms with Crippen LogP contribution in [0.5, 0.6) is 0 Å². The molecule has 1 aromatic rings. The standard InChI is InChI=1S/C12H13FN2O3/c13-11-3-1-10(2-4-11)12(17)14-5-7-15(8-6-14)18-9-16/h1-4,9H,5-8H2. The number of hydroxylamine groups is 2. The average molecular weight is 252 g/mol. The Morgan fingerprint density at radius 2 is 1.78 bits per heavy atom. The lowest BCUT2D eigenvalue weighted by Crippen LogP contribution is -2.48. The van der Waals surface area contributed by atoms with Crippen LogP contribution in [0.3, 0.4) is 0 Å². The van der Waals surface area contributed by atoms with Gasteiger partial charge in [0, 0.05) is 18.7 Å². The van der Waals surface area contributed by atoms with Gasteiger partial charge in [-0.2, -0.15) is 0 Å². The normalized spacial score (nSPS) is 16.4. The van der Waals surface area contributed by atoms with Gasteiger partial charge in [0.25, 0.3) is 5.91 Å². The van der Waals surface area contributed by atoms with Crippen molar-refractivity contribution >= 4 is 12.4 Å². The molecule has 2 rings (SSSR count). The molecule has 1 fully saturated rings. The summed E-state index contributed by atoms with van der Waals surface area (Å²) in [6.45, 7) is 2.28. The van der Waals surface area contributed by atoms with Gasteiger partial charge in [-0.3, -0.25) is 9.59 Å². The number of amides is 1. The Bertz CT molecular complexity index is 427. The quantitative estimate of drug-likeness (QED) is 0.742. The average Bonchev–Trinajstić information content (AvgIpc) is 2.40. The first-order valence-electron chi connectivity index (χ1n) is 5.61. The lowest BCUT2D eigenvalue weighted by Gasteiger charge is -2.32. The first kappa shape index (κ1) is 12.5. The third-order valence-electron chi connectivity index (χ3n) is 2.81. The SMILES string of the molecule is O=CON1CCN(C(=O)c2ccc(F)cc2)CC1. The Hall–Kier alpha value is -1.95. The van der Waals surface area contributed by atoms with Crippen LogP contribution in [0.2, 0.25) is 0 Å². The fourth-order valence-corrected chi connectivity index (χ4v) is 1.83. The summed E-state index contributed by atoms with van der Waals surface area (Å²) in [5, 5.41) is 1.50. The van der Waals surface area contributed by atoms with Crippen molar-refractivity contribution in [3.8, 4) is 0 Å². The number of carbonyl (C=O) groups is 2. The summed E-state index contributed by atoms with van der Waals surface area (Å²) in [6.07, 6.45) is 0. The first-order chi connectivity index (χ1) is 8.70. The van der Waals surface area contributed by atoms with Crippen LogP contribution in [0.15, 0.2) is 24.3 Å². The molecule has 0 atom stereocenters. The summed E-state index contributed by atoms with van der Waals surface area (Å²) >= 11 is 0. The summed E-state index contributed by atoms with van der Waals surface area (Å²) in [5.74, 6) is -0.503. The number of carbonyl (C=O) groups excluding carboxylic acids is 2. The second-order valence-corrected chi connectivity index (χ2v) is 3.93. The topological polar surface area (TPSA) is 49.9 Å². The molecule has 1 heterocycles. The highest BCUT2D eigenvalue weighted by atomic mass is 19.1. The van der Waals surface area contributed by atoms with E-state index in [1.807, 2.05) is 0 Å². The van der Waals surface area contributed by atoms with E-state index in [0.717, 1.165) is 0 Å². The van der Waals surface area contributed by atoms with Gasteiger partial charge in [-0.25, -0.2) is 4.39 Å². The number of halogens is 1. The third-order valence-corrected chi connectivity index (χ3v) is 2.81. The van der Waals surface area contributed by atoms with E-state index in [1.54, 1.807) is 4.90 Å². The van der Waals surface area contributed by atoms with Gasteiger partial charge >= 0.3 is 6.47 Å². The van der Waals surface area contributed by atoms with Crippen LogP contribution in [-0.4, -0.2) is 48.5 Å². The Balaban J connectivity index is 1.95. The fourth-order valence-electron chi connectivity index (χ4n) is 1.83. The minimum absolute atomic E-state index is 0.138. The molecular weight excluding hydrogens is 239 g/mol. The summed E-state index contributed by atoms with van der Waals surface area (Å²) in [6, 6.07) is 5.45. The van der Waals surface area contributed by atoms with E-state index in [-0.39, 0.29) is 11.7 Å². The summed E-state index contributed by atoms with van der Waals surface area (Å²) < 4.78 is 12.7. The van der Waals surface area contributed by atoms with Crippen LogP contribution in [0.4, 0.5) is 4.39 Å². The lowest BCUT2D eigenvalue weighted by molar-refractivity contribution is -0.179. The smallest absolute Gasteiger partial charge is 0.312 e. The molecule has 1 aliphatic rings. The zero-order chi connectivity index (χ0) is 13.0. The van der Waals surface area contributed by atoms with Crippen LogP contribution >= 0.6 is 0 Å². The second-order valence-electron chi connectivity index (χ2n) is 3.93. The van der Waals surface area contributed by atoms with Gasteiger partial charge in [0.15, 0.2) is 0 Å². The van der Waals surface area contributed by atoms with Gasteiger partial charge < -0.3 is 9.74 Å². The van der Waals surface area contributed by atoms with E-state index in [4.69, 9.17) is 4.84 Å². The predicted molar refractivity (Wildman–Crippen MR) is 61.0 cm³/mol. The minimum atomic E-state index is -0.365. The largest absolute Gasteiger partial charge is 0.371 e. The molecule has 1 amide bonds. The minimum Gasteiger partial charge on any atom is -0.371 e. The van der Waals surface area contributed by atoms with E-state index in [9.17, 15) is 14.0 Å². The zero-order valence-electron chi connectivity index (χ0n) is 9.71. The number of piperazine rings is 1. The molecule has 18 heavy (non-hydrogen) atoms. The molecule has 0 aromatic heterocycles. The Labute approximate surface area is 104 Å². The number of hydrogen-bond acceptors (Lipinski definition) is 4. The van der Waals surface area contributed by atoms with Crippen molar-refractivity contribution in [3.05, 3.63) is 35.6 Å². The molecule has 0 N–H and O–H groups in total. The van der Waals surface area contributed by atoms with Gasteiger partial charge in [-0.15, -0.1) is 5.06 Å². The lowest BCUT2D eigenvalue weighted by atomic mass is 10.2. The number of rotatable bonds is 3. The molecule has 0 aliphatic carbocycles. The first-order valence-corrected chi connectivity index (χ1v) is 5.61. The van der Waals surface area contributed by atoms with Gasteiger partial charge in [0.05, 0.1) is 13.1 Å². The monoisotopic (exact) mass is 252 g/mol. The number of benzene rings is 1. The molecule has 6 heteroatoms. The third kappa shape index (κ3) is 2.84. The Morgan fingerprint density at radius 1 is 1.17 bits per heavy atom. The molecule has 1 aromatic carbocycles. The molecule has 0 radical (unpaired) electrons. The van der Waals surface area contributed by atoms with Gasteiger partial charge in [0.2, 0.25) is 0 Å². The predicted octanol–water partition coefficient (Wildman–Crippen LogP) is 0.671. The zero-order valence-corrected chi connectivity index (χ0v) is 9.71. The van der Waals surface area contributed by atoms with Crippen molar-refractivity contribution in [2.24, 2.45) is 0 Å². The highest BCUT2D eigenvalue weighted by Gasteiger charge is 2.22. The van der Waals surface area contributed by atoms with Crippen molar-refractivity contribution in [3.63, 3.8) is 0 Å². The second kappa shape index (κ2) is 5.59. The summed E-state index contributed by atoms with van der Waals surface area (Å²) in [4.78, 5) is 28.6. The molecule has 0 bridgehead atoms. The van der Waals surface area contributed by atoms with Crippen LogP contribution in [-0.2, 0) is 9.63 Å². The van der Waals surface area contributed by atoms with Crippen LogP contribution in [0.25, 0.3) is 0 Å². The Morgan fingerprint density at radius 3 is 2.33 bits per heavy atom. The summed E-state index contributed by atoms with van der Waals surface area (Å²) in [7, 11) is 0. The van der Waals surface area contributed by atoms with Crippen LogP contribution in [0.1, 0.15) is 10.4 Å². The Kier molecular flexibility index (Phi) is 3.88. The fraction of sp³-hybridized carbons (Fsp3) is 0.333. The van der Waals surface area contributed by atoms with Crippen molar-refractivity contribution in [2.75, 3.05) is 26.2 Å². The van der Waals surface area contributed by atoms with Crippen molar-refractivity contribution < 1.29 is 18.8 Å². The molecule has 96 valence electrons. The van der Waals surface area contributed by atoms with E-state index < -0.39 is 0 Å². The molecule has 0 unspecified atom stereocenters. The van der Waals surface area contributed by atoms with Crippen molar-refractivity contribution in [1.82, 2.24) is 9.96 Å². The molecule has 5 nitrogen and oxygen atoms in total. The van der Waals surface area contributed by atoms with E-state index in [2.05, 4.69) is 0 Å². The van der Waals surface area contributed by atoms with Crippen LogP contribution < -0.4 is 0 Å². The number of nitrogens with zero attached hydrogens (tertiary/aromatic N) is 2. The van der Waals surface area contributed by atoms with E-state index in [0.29, 0.717) is 38.2 Å². The molecular formula is C12H13FN2O3. The van der Waals surface area contributed by atoms with E-state index in [1.165, 1.54) is 29.3 Å². The van der Waals surface area contributed by atoms with Gasteiger partial charge in [-0.05, 0) is 24.3 Å². The molecule has 1 aliphatic heterocycles. The van der Waals surface area contributed by atoms with Crippen molar-refractivity contribution in [2.45, 2.75) is 0 Å². The molecule has 0 saturated carbocycles. The molecule has 0 spiro atoms. The molecule has 1 saturated heterocycles. The summed E-state index contributed by atoms with van der Waals surface area (Å²) in [5.41, 5.74) is 0.459.